The monoisotopic (exact) mass is 198 g/mol. The summed E-state index contributed by atoms with van der Waals surface area (Å²) in [5.74, 6) is -0.505. The third-order valence-electron chi connectivity index (χ3n) is 1.95. The molecule has 0 aliphatic heterocycles. The van der Waals surface area contributed by atoms with Crippen molar-refractivity contribution in [1.82, 2.24) is 4.98 Å². The van der Waals surface area contributed by atoms with Crippen LogP contribution in [0.2, 0.25) is 0 Å². The molecular weight excluding hydrogens is 183 g/mol. The van der Waals surface area contributed by atoms with Gasteiger partial charge in [0.05, 0.1) is 0 Å². The van der Waals surface area contributed by atoms with Gasteiger partial charge in [-0.15, -0.1) is 0 Å². The lowest BCUT2D eigenvalue weighted by Crippen LogP contribution is -2.31. The van der Waals surface area contributed by atoms with Crippen LogP contribution >= 0.6 is 0 Å². The molecule has 0 aliphatic rings. The highest BCUT2D eigenvalue weighted by atomic mass is 19.1. The average Bonchev–Trinajstić information content (AvgIpc) is 2.02. The van der Waals surface area contributed by atoms with Crippen molar-refractivity contribution in [1.29, 1.82) is 0 Å². The first-order valence-electron chi connectivity index (χ1n) is 4.54. The number of nitrogens with one attached hydrogen (secondary N) is 1. The number of hydrogen-bond acceptors (Lipinski definition) is 3. The number of halogens is 1. The van der Waals surface area contributed by atoms with Crippen molar-refractivity contribution in [2.24, 2.45) is 0 Å². The van der Waals surface area contributed by atoms with Gasteiger partial charge in [0, 0.05) is 30.1 Å². The van der Waals surface area contributed by atoms with Crippen molar-refractivity contribution in [2.45, 2.75) is 25.8 Å². The first-order valence-corrected chi connectivity index (χ1v) is 4.54. The Morgan fingerprint density at radius 3 is 2.86 bits per heavy atom. The maximum atomic E-state index is 12.7. The fourth-order valence-corrected chi connectivity index (χ4v) is 1.21. The number of nitrogens with zero attached hydrogens (tertiary/aromatic N) is 1. The van der Waals surface area contributed by atoms with E-state index in [-0.39, 0.29) is 12.1 Å². The smallest absolute Gasteiger partial charge is 0.214 e. The van der Waals surface area contributed by atoms with Crippen LogP contribution < -0.4 is 5.32 Å². The molecule has 0 amide bonds. The van der Waals surface area contributed by atoms with Gasteiger partial charge in [0.15, 0.2) is 0 Å². The van der Waals surface area contributed by atoms with E-state index < -0.39 is 5.95 Å². The zero-order valence-corrected chi connectivity index (χ0v) is 8.42. The normalized spacial score (nSPS) is 11.4. The van der Waals surface area contributed by atoms with Gasteiger partial charge < -0.3 is 10.4 Å². The SMILES string of the molecule is CC(C)(CCO)Nc1ccnc(F)c1. The highest BCUT2D eigenvalue weighted by Crippen LogP contribution is 2.17. The Hall–Kier alpha value is -1.16. The van der Waals surface area contributed by atoms with E-state index in [1.54, 1.807) is 6.07 Å². The summed E-state index contributed by atoms with van der Waals surface area (Å²) in [6.07, 6.45) is 2.02. The van der Waals surface area contributed by atoms with Crippen LogP contribution in [0.5, 0.6) is 0 Å². The molecule has 0 atom stereocenters. The Labute approximate surface area is 83.0 Å². The molecular formula is C10H15FN2O. The van der Waals surface area contributed by atoms with E-state index in [0.29, 0.717) is 12.1 Å². The van der Waals surface area contributed by atoms with E-state index in [4.69, 9.17) is 5.11 Å². The Morgan fingerprint density at radius 1 is 1.57 bits per heavy atom. The van der Waals surface area contributed by atoms with Gasteiger partial charge in [-0.3, -0.25) is 0 Å². The summed E-state index contributed by atoms with van der Waals surface area (Å²) >= 11 is 0. The molecule has 2 N–H and O–H groups in total. The van der Waals surface area contributed by atoms with E-state index in [2.05, 4.69) is 10.3 Å². The summed E-state index contributed by atoms with van der Waals surface area (Å²) in [7, 11) is 0. The minimum atomic E-state index is -0.505. The van der Waals surface area contributed by atoms with Gasteiger partial charge in [-0.05, 0) is 26.3 Å². The Balaban J connectivity index is 2.68. The molecule has 0 aliphatic carbocycles. The van der Waals surface area contributed by atoms with E-state index in [0.717, 1.165) is 0 Å². The number of pyridine rings is 1. The zero-order chi connectivity index (χ0) is 10.6. The Kier molecular flexibility index (Phi) is 3.41. The molecule has 0 fully saturated rings. The molecule has 0 aromatic carbocycles. The molecule has 0 saturated carbocycles. The number of aliphatic hydroxyl groups is 1. The van der Waals surface area contributed by atoms with Gasteiger partial charge >= 0.3 is 0 Å². The lowest BCUT2D eigenvalue weighted by molar-refractivity contribution is 0.261. The van der Waals surface area contributed by atoms with Crippen LogP contribution in [0.4, 0.5) is 10.1 Å². The van der Waals surface area contributed by atoms with E-state index in [1.165, 1.54) is 12.3 Å². The summed E-state index contributed by atoms with van der Waals surface area (Å²) in [5.41, 5.74) is 0.429. The molecule has 0 unspecified atom stereocenters. The highest BCUT2D eigenvalue weighted by Gasteiger charge is 2.16. The van der Waals surface area contributed by atoms with Crippen LogP contribution in [0.1, 0.15) is 20.3 Å². The lowest BCUT2D eigenvalue weighted by atomic mass is 10.0. The highest BCUT2D eigenvalue weighted by molar-refractivity contribution is 5.43. The van der Waals surface area contributed by atoms with Crippen LogP contribution in [0.15, 0.2) is 18.3 Å². The van der Waals surface area contributed by atoms with Crippen molar-refractivity contribution in [3.05, 3.63) is 24.3 Å². The second kappa shape index (κ2) is 4.37. The van der Waals surface area contributed by atoms with Crippen molar-refractivity contribution in [3.63, 3.8) is 0 Å². The Morgan fingerprint density at radius 2 is 2.29 bits per heavy atom. The molecule has 1 rings (SSSR count). The van der Waals surface area contributed by atoms with E-state index in [1.807, 2.05) is 13.8 Å². The summed E-state index contributed by atoms with van der Waals surface area (Å²) in [4.78, 5) is 3.46. The summed E-state index contributed by atoms with van der Waals surface area (Å²) in [6, 6.07) is 3.03. The zero-order valence-electron chi connectivity index (χ0n) is 8.42. The minimum absolute atomic E-state index is 0.105. The standard InChI is InChI=1S/C10H15FN2O/c1-10(2,4-6-14)13-8-3-5-12-9(11)7-8/h3,5,7,14H,4,6H2,1-2H3,(H,12,13). The summed E-state index contributed by atoms with van der Waals surface area (Å²) in [6.45, 7) is 4.00. The average molecular weight is 198 g/mol. The fraction of sp³-hybridized carbons (Fsp3) is 0.500. The van der Waals surface area contributed by atoms with Gasteiger partial charge in [-0.1, -0.05) is 0 Å². The van der Waals surface area contributed by atoms with Crippen molar-refractivity contribution >= 4 is 5.69 Å². The molecule has 3 nitrogen and oxygen atoms in total. The van der Waals surface area contributed by atoms with Crippen LogP contribution in [0.25, 0.3) is 0 Å². The molecule has 0 saturated heterocycles. The summed E-state index contributed by atoms with van der Waals surface area (Å²) in [5, 5.41) is 11.9. The van der Waals surface area contributed by atoms with Gasteiger partial charge in [-0.2, -0.15) is 4.39 Å². The van der Waals surface area contributed by atoms with Gasteiger partial charge in [0.2, 0.25) is 5.95 Å². The lowest BCUT2D eigenvalue weighted by Gasteiger charge is -2.26. The topological polar surface area (TPSA) is 45.1 Å². The van der Waals surface area contributed by atoms with Crippen LogP contribution in [-0.2, 0) is 0 Å². The maximum Gasteiger partial charge on any atom is 0.214 e. The van der Waals surface area contributed by atoms with Crippen molar-refractivity contribution in [2.75, 3.05) is 11.9 Å². The molecule has 1 aromatic rings. The molecule has 0 bridgehead atoms. The van der Waals surface area contributed by atoms with Gasteiger partial charge in [0.25, 0.3) is 0 Å². The first-order chi connectivity index (χ1) is 6.53. The minimum Gasteiger partial charge on any atom is -0.396 e. The van der Waals surface area contributed by atoms with Gasteiger partial charge in [-0.25, -0.2) is 4.98 Å². The largest absolute Gasteiger partial charge is 0.396 e. The van der Waals surface area contributed by atoms with Crippen LogP contribution in [0, 0.1) is 5.95 Å². The molecule has 78 valence electrons. The second-order valence-electron chi connectivity index (χ2n) is 3.85. The number of rotatable bonds is 4. The number of anilines is 1. The third-order valence-corrected chi connectivity index (χ3v) is 1.95. The Bertz CT molecular complexity index is 302. The van der Waals surface area contributed by atoms with Crippen molar-refractivity contribution < 1.29 is 9.50 Å². The fourth-order valence-electron chi connectivity index (χ4n) is 1.21. The summed E-state index contributed by atoms with van der Waals surface area (Å²) < 4.78 is 12.7. The maximum absolute atomic E-state index is 12.7. The second-order valence-corrected chi connectivity index (χ2v) is 3.85. The molecule has 14 heavy (non-hydrogen) atoms. The molecule has 1 heterocycles. The third kappa shape index (κ3) is 3.30. The van der Waals surface area contributed by atoms with E-state index >= 15 is 0 Å². The first kappa shape index (κ1) is 10.9. The van der Waals surface area contributed by atoms with Crippen LogP contribution in [0.3, 0.4) is 0 Å². The van der Waals surface area contributed by atoms with Crippen molar-refractivity contribution in [3.8, 4) is 0 Å². The van der Waals surface area contributed by atoms with Gasteiger partial charge in [0.1, 0.15) is 0 Å². The predicted octanol–water partition coefficient (Wildman–Crippen LogP) is 1.79. The molecule has 0 radical (unpaired) electrons. The molecule has 4 heteroatoms. The predicted molar refractivity (Wildman–Crippen MR) is 53.6 cm³/mol. The van der Waals surface area contributed by atoms with Crippen LogP contribution in [-0.4, -0.2) is 22.2 Å². The number of aromatic nitrogens is 1. The van der Waals surface area contributed by atoms with E-state index in [9.17, 15) is 4.39 Å². The molecule has 1 aromatic heterocycles. The molecule has 0 spiro atoms. The number of hydrogen-bond donors (Lipinski definition) is 2. The number of aliphatic hydroxyl groups excluding tert-OH is 1. The quantitative estimate of drug-likeness (QED) is 0.725.